The fraction of sp³-hybridized carbons (Fsp3) is 0.259. The third-order valence-electron chi connectivity index (χ3n) is 5.50. The predicted molar refractivity (Wildman–Crippen MR) is 143 cm³/mol. The van der Waals surface area contributed by atoms with Crippen molar-refractivity contribution in [1.82, 2.24) is 15.8 Å². The van der Waals surface area contributed by atoms with E-state index in [2.05, 4.69) is 21.2 Å². The maximum absolute atomic E-state index is 13.4. The van der Waals surface area contributed by atoms with Crippen molar-refractivity contribution in [2.24, 2.45) is 5.73 Å². The fourth-order valence-electron chi connectivity index (χ4n) is 3.50. The first kappa shape index (κ1) is 27.9. The molecule has 0 spiro atoms. The van der Waals surface area contributed by atoms with E-state index in [0.29, 0.717) is 53.7 Å². The molecule has 0 saturated carbocycles. The van der Waals surface area contributed by atoms with E-state index in [0.717, 1.165) is 5.56 Å². The normalized spacial score (nSPS) is 11.2. The largest absolute Gasteiger partial charge is 0.490 e. The number of anilines is 1. The lowest BCUT2D eigenvalue weighted by atomic mass is 10.0. The number of nitrogen functional groups attached to an aromatic ring is 1. The van der Waals surface area contributed by atoms with Gasteiger partial charge in [-0.25, -0.2) is 0 Å². The number of pyridine rings is 1. The Morgan fingerprint density at radius 1 is 1.03 bits per heavy atom. The van der Waals surface area contributed by atoms with Crippen molar-refractivity contribution in [3.63, 3.8) is 0 Å². The van der Waals surface area contributed by atoms with Crippen LogP contribution in [0.5, 0.6) is 11.5 Å². The van der Waals surface area contributed by atoms with Crippen LogP contribution in [-0.2, 0) is 9.53 Å². The molecule has 1 aromatic heterocycles. The third kappa shape index (κ3) is 7.43. The van der Waals surface area contributed by atoms with E-state index in [1.807, 2.05) is 6.92 Å². The summed E-state index contributed by atoms with van der Waals surface area (Å²) in [5.41, 5.74) is 13.3. The minimum atomic E-state index is -0.930. The number of amidine groups is 1. The fourth-order valence-corrected chi connectivity index (χ4v) is 3.50. The lowest BCUT2D eigenvalue weighted by Crippen LogP contribution is -2.45. The Labute approximate surface area is 221 Å². The Hall–Kier alpha value is -4.64. The van der Waals surface area contributed by atoms with E-state index in [4.69, 9.17) is 25.4 Å². The lowest BCUT2D eigenvalue weighted by Gasteiger charge is -2.22. The molecule has 3 rings (SSSR count). The van der Waals surface area contributed by atoms with Gasteiger partial charge < -0.3 is 25.3 Å². The third-order valence-corrected chi connectivity index (χ3v) is 5.50. The number of hydrazine groups is 1. The summed E-state index contributed by atoms with van der Waals surface area (Å²) in [6.07, 6.45) is 3.01. The Morgan fingerprint density at radius 3 is 2.45 bits per heavy atom. The first-order chi connectivity index (χ1) is 18.3. The van der Waals surface area contributed by atoms with Gasteiger partial charge >= 0.3 is 0 Å². The van der Waals surface area contributed by atoms with E-state index < -0.39 is 17.9 Å². The number of ether oxygens (including phenoxy) is 3. The minimum Gasteiger partial charge on any atom is -0.490 e. The van der Waals surface area contributed by atoms with E-state index in [1.165, 1.54) is 6.20 Å². The van der Waals surface area contributed by atoms with Gasteiger partial charge in [-0.2, -0.15) is 0 Å². The topological polar surface area (TPSA) is 161 Å². The number of amides is 2. The van der Waals surface area contributed by atoms with Gasteiger partial charge in [0.25, 0.3) is 11.8 Å². The second-order valence-corrected chi connectivity index (χ2v) is 8.18. The predicted octanol–water partition coefficient (Wildman–Crippen LogP) is 2.71. The number of carbonyl (C=O) groups excluding carboxylic acids is 2. The Kier molecular flexibility index (Phi) is 10.0. The van der Waals surface area contributed by atoms with Gasteiger partial charge in [0.2, 0.25) is 0 Å². The van der Waals surface area contributed by atoms with Crippen LogP contribution in [0.2, 0.25) is 0 Å². The first-order valence-corrected chi connectivity index (χ1v) is 11.9. The number of methoxy groups -OCH3 is 1. The smallest absolute Gasteiger partial charge is 0.271 e. The molecule has 0 saturated heterocycles. The summed E-state index contributed by atoms with van der Waals surface area (Å²) in [7, 11) is 1.59. The molecule has 11 heteroatoms. The van der Waals surface area contributed by atoms with E-state index in [1.54, 1.807) is 68.8 Å². The number of nitrogens with one attached hydrogen (secondary N) is 4. The molecule has 1 heterocycles. The quantitative estimate of drug-likeness (QED) is 0.105. The van der Waals surface area contributed by atoms with E-state index in [9.17, 15) is 9.59 Å². The molecule has 3 aromatic rings. The molecule has 2 aromatic carbocycles. The van der Waals surface area contributed by atoms with Crippen molar-refractivity contribution in [2.45, 2.75) is 19.9 Å². The number of nitrogens with two attached hydrogens (primary N) is 1. The molecule has 38 heavy (non-hydrogen) atoms. The van der Waals surface area contributed by atoms with Crippen molar-refractivity contribution < 1.29 is 23.8 Å². The highest BCUT2D eigenvalue weighted by Crippen LogP contribution is 2.32. The molecule has 6 N–H and O–H groups in total. The number of nitrogens with zero attached hydrogens (tertiary/aromatic N) is 1. The van der Waals surface area contributed by atoms with Gasteiger partial charge in [-0.05, 0) is 67.4 Å². The van der Waals surface area contributed by atoms with Crippen LogP contribution >= 0.6 is 0 Å². The molecular weight excluding hydrogens is 488 g/mol. The molecule has 0 radical (unpaired) electrons. The summed E-state index contributed by atoms with van der Waals surface area (Å²) < 4.78 is 16.6. The van der Waals surface area contributed by atoms with Crippen molar-refractivity contribution in [3.8, 4) is 11.5 Å². The SMILES string of the molecule is CCOc1cc(C(Nc2ccc(C(=N)N)cc2)C(=O)NNC(=O)c2cnccc2C)ccc1OCCOC. The highest BCUT2D eigenvalue weighted by Gasteiger charge is 2.24. The summed E-state index contributed by atoms with van der Waals surface area (Å²) >= 11 is 0. The summed E-state index contributed by atoms with van der Waals surface area (Å²) in [6.45, 7) is 4.76. The number of aryl methyl sites for hydroxylation is 1. The summed E-state index contributed by atoms with van der Waals surface area (Å²) in [6, 6.07) is 12.7. The molecule has 0 aliphatic carbocycles. The maximum atomic E-state index is 13.4. The molecule has 0 aliphatic heterocycles. The molecule has 1 unspecified atom stereocenters. The Balaban J connectivity index is 1.87. The van der Waals surface area contributed by atoms with Crippen molar-refractivity contribution >= 4 is 23.3 Å². The van der Waals surface area contributed by atoms with Crippen molar-refractivity contribution in [1.29, 1.82) is 5.41 Å². The molecule has 0 fully saturated rings. The summed E-state index contributed by atoms with van der Waals surface area (Å²) in [5, 5.41) is 10.8. The Bertz CT molecular complexity index is 1270. The number of carbonyl (C=O) groups is 2. The van der Waals surface area contributed by atoms with Crippen molar-refractivity contribution in [3.05, 3.63) is 83.2 Å². The molecule has 0 bridgehead atoms. The molecule has 200 valence electrons. The number of hydrogen-bond donors (Lipinski definition) is 5. The van der Waals surface area contributed by atoms with Crippen LogP contribution in [-0.4, -0.2) is 49.6 Å². The zero-order valence-electron chi connectivity index (χ0n) is 21.5. The van der Waals surface area contributed by atoms with Crippen molar-refractivity contribution in [2.75, 3.05) is 32.2 Å². The summed E-state index contributed by atoms with van der Waals surface area (Å²) in [5.74, 6) is -0.110. The first-order valence-electron chi connectivity index (χ1n) is 11.9. The number of hydrogen-bond acceptors (Lipinski definition) is 8. The van der Waals surface area contributed by atoms with Crippen LogP contribution in [0, 0.1) is 12.3 Å². The average molecular weight is 521 g/mol. The van der Waals surface area contributed by atoms with Gasteiger partial charge in [-0.1, -0.05) is 6.07 Å². The van der Waals surface area contributed by atoms with Crippen LogP contribution in [0.3, 0.4) is 0 Å². The number of aromatic nitrogens is 1. The van der Waals surface area contributed by atoms with Gasteiger partial charge in [-0.3, -0.25) is 30.8 Å². The molecular formula is C27H32N6O5. The Morgan fingerprint density at radius 2 is 1.79 bits per heavy atom. The highest BCUT2D eigenvalue weighted by atomic mass is 16.5. The van der Waals surface area contributed by atoms with Gasteiger partial charge in [-0.15, -0.1) is 0 Å². The zero-order valence-corrected chi connectivity index (χ0v) is 21.5. The summed E-state index contributed by atoms with van der Waals surface area (Å²) in [4.78, 5) is 30.0. The van der Waals surface area contributed by atoms with Crippen LogP contribution in [0.1, 0.15) is 40.0 Å². The van der Waals surface area contributed by atoms with Crippen LogP contribution in [0.25, 0.3) is 0 Å². The molecule has 1 atom stereocenters. The molecule has 0 aliphatic rings. The van der Waals surface area contributed by atoms with Gasteiger partial charge in [0.05, 0.1) is 18.8 Å². The molecule has 2 amide bonds. The maximum Gasteiger partial charge on any atom is 0.271 e. The zero-order chi connectivity index (χ0) is 27.5. The van der Waals surface area contributed by atoms with Crippen LogP contribution < -0.4 is 31.4 Å². The lowest BCUT2D eigenvalue weighted by molar-refractivity contribution is -0.122. The van der Waals surface area contributed by atoms with Crippen LogP contribution in [0.15, 0.2) is 60.9 Å². The standard InChI is InChI=1S/C27H32N6O5/c1-4-37-23-15-19(7-10-22(23)38-14-13-36-3)24(31-20-8-5-18(6-9-20)25(28)29)27(35)33-32-26(34)21-16-30-12-11-17(21)2/h5-12,15-16,24,31H,4,13-14H2,1-3H3,(H3,28,29)(H,32,34)(H,33,35). The number of rotatable bonds is 12. The van der Waals surface area contributed by atoms with E-state index >= 15 is 0 Å². The highest BCUT2D eigenvalue weighted by molar-refractivity contribution is 5.97. The van der Waals surface area contributed by atoms with Gasteiger partial charge in [0.15, 0.2) is 11.5 Å². The second-order valence-electron chi connectivity index (χ2n) is 8.18. The van der Waals surface area contributed by atoms with Gasteiger partial charge in [0.1, 0.15) is 18.5 Å². The van der Waals surface area contributed by atoms with Crippen LogP contribution in [0.4, 0.5) is 5.69 Å². The van der Waals surface area contributed by atoms with Gasteiger partial charge in [0, 0.05) is 30.8 Å². The molecule has 11 nitrogen and oxygen atoms in total. The average Bonchev–Trinajstić information content (AvgIpc) is 2.92. The van der Waals surface area contributed by atoms with E-state index in [-0.39, 0.29) is 5.84 Å². The monoisotopic (exact) mass is 520 g/mol. The number of benzene rings is 2. The second kappa shape index (κ2) is 13.6. The minimum absolute atomic E-state index is 0.0651.